The third kappa shape index (κ3) is 9.10. The van der Waals surface area contributed by atoms with Crippen molar-refractivity contribution in [2.24, 2.45) is 7.05 Å². The highest BCUT2D eigenvalue weighted by atomic mass is 32.2. The average Bonchev–Trinajstić information content (AvgIpc) is 3.19. The van der Waals surface area contributed by atoms with E-state index in [9.17, 15) is 15.0 Å². The Balaban J connectivity index is 1.98. The van der Waals surface area contributed by atoms with Gasteiger partial charge in [-0.2, -0.15) is 0 Å². The van der Waals surface area contributed by atoms with Gasteiger partial charge in [0.1, 0.15) is 5.69 Å². The molecule has 0 bridgehead atoms. The summed E-state index contributed by atoms with van der Waals surface area (Å²) in [7, 11) is 1.72. The first-order valence-corrected chi connectivity index (χ1v) is 14.0. The molecule has 1 heterocycles. The van der Waals surface area contributed by atoms with Gasteiger partial charge in [0.05, 0.1) is 17.6 Å². The second-order valence-electron chi connectivity index (χ2n) is 9.32. The topological polar surface area (TPSA) is 75.3 Å². The van der Waals surface area contributed by atoms with Crippen molar-refractivity contribution in [3.05, 3.63) is 47.3 Å². The number of benzene rings is 1. The molecule has 5 nitrogen and oxygen atoms in total. The normalized spacial score (nSPS) is 13.2. The number of aromatic carboxylic acids is 1. The van der Waals surface area contributed by atoms with E-state index in [0.717, 1.165) is 24.8 Å². The van der Waals surface area contributed by atoms with E-state index in [-0.39, 0.29) is 10.9 Å². The van der Waals surface area contributed by atoms with Crippen molar-refractivity contribution in [1.82, 2.24) is 9.55 Å². The molecule has 0 aliphatic rings. The lowest BCUT2D eigenvalue weighted by Crippen LogP contribution is -2.18. The first-order valence-electron chi connectivity index (χ1n) is 13.2. The summed E-state index contributed by atoms with van der Waals surface area (Å²) in [6.45, 7) is 4.33. The number of hydrogen-bond donors (Lipinski definition) is 2. The van der Waals surface area contributed by atoms with Crippen LogP contribution in [0.2, 0.25) is 0 Å². The van der Waals surface area contributed by atoms with Crippen LogP contribution in [-0.4, -0.2) is 31.8 Å². The smallest absolute Gasteiger partial charge is 0.354 e. The molecule has 2 N–H and O–H groups in total. The summed E-state index contributed by atoms with van der Waals surface area (Å²) in [4.78, 5) is 15.8. The molecule has 2 unspecified atom stereocenters. The van der Waals surface area contributed by atoms with E-state index in [1.165, 1.54) is 81.3 Å². The lowest BCUT2D eigenvalue weighted by atomic mass is 9.95. The number of unbranched alkanes of at least 4 members (excludes halogenated alkanes) is 9. The second kappa shape index (κ2) is 16.0. The summed E-state index contributed by atoms with van der Waals surface area (Å²) in [5, 5.41) is 20.8. The van der Waals surface area contributed by atoms with Crippen molar-refractivity contribution in [1.29, 1.82) is 0 Å². The fraction of sp³-hybridized carbons (Fsp3) is 0.643. The molecule has 0 spiro atoms. The minimum atomic E-state index is -0.992. The number of aryl methyl sites for hydroxylation is 1. The number of imidazole rings is 1. The SMILES string of the molecule is CCCCCCCCCCCCc1ccccc1C(Sc1ncc(C(=O)O)n1C)C(O)CCC. The molecule has 6 heteroatoms. The minimum absolute atomic E-state index is 0.157. The van der Waals surface area contributed by atoms with E-state index in [2.05, 4.69) is 37.0 Å². The fourth-order valence-electron chi connectivity index (χ4n) is 4.45. The van der Waals surface area contributed by atoms with E-state index >= 15 is 0 Å². The number of aromatic nitrogens is 2. The number of carboxylic acids is 1. The second-order valence-corrected chi connectivity index (χ2v) is 10.4. The first kappa shape index (κ1) is 28.4. The van der Waals surface area contributed by atoms with Crippen molar-refractivity contribution in [3.8, 4) is 0 Å². The molecule has 2 rings (SSSR count). The number of thioether (sulfide) groups is 1. The van der Waals surface area contributed by atoms with Crippen LogP contribution in [0.3, 0.4) is 0 Å². The highest BCUT2D eigenvalue weighted by molar-refractivity contribution is 7.99. The molecule has 190 valence electrons. The van der Waals surface area contributed by atoms with E-state index in [0.29, 0.717) is 11.6 Å². The Morgan fingerprint density at radius 2 is 1.59 bits per heavy atom. The Labute approximate surface area is 210 Å². The summed E-state index contributed by atoms with van der Waals surface area (Å²) < 4.78 is 1.60. The van der Waals surface area contributed by atoms with Gasteiger partial charge in [-0.25, -0.2) is 9.78 Å². The molecule has 2 aromatic rings. The number of aliphatic hydroxyl groups is 1. The molecule has 0 amide bonds. The lowest BCUT2D eigenvalue weighted by molar-refractivity contribution is 0.0685. The van der Waals surface area contributed by atoms with Gasteiger partial charge in [0, 0.05) is 7.05 Å². The lowest BCUT2D eigenvalue weighted by Gasteiger charge is -2.25. The minimum Gasteiger partial charge on any atom is -0.477 e. The van der Waals surface area contributed by atoms with Gasteiger partial charge in [-0.3, -0.25) is 0 Å². The molecule has 0 saturated carbocycles. The monoisotopic (exact) mass is 488 g/mol. The number of hydrogen-bond acceptors (Lipinski definition) is 4. The number of aliphatic hydroxyl groups excluding tert-OH is 1. The van der Waals surface area contributed by atoms with Crippen LogP contribution in [0.15, 0.2) is 35.6 Å². The van der Waals surface area contributed by atoms with Crippen molar-refractivity contribution < 1.29 is 15.0 Å². The molecule has 0 saturated heterocycles. The third-order valence-electron chi connectivity index (χ3n) is 6.49. The standard InChI is InChI=1S/C28H44N2O3S/c1-4-6-7-8-9-10-11-12-13-14-18-22-19-15-16-20-23(22)26(25(31)17-5-2)34-28-29-21-24(27(32)33)30(28)3/h15-16,19-21,25-26,31H,4-14,17-18H2,1-3H3,(H,32,33). The third-order valence-corrected chi connectivity index (χ3v) is 7.90. The zero-order valence-electron chi connectivity index (χ0n) is 21.3. The fourth-order valence-corrected chi connectivity index (χ4v) is 5.70. The summed E-state index contributed by atoms with van der Waals surface area (Å²) >= 11 is 1.47. The van der Waals surface area contributed by atoms with Gasteiger partial charge < -0.3 is 14.8 Å². The molecule has 2 atom stereocenters. The molecule has 0 aliphatic heterocycles. The number of nitrogens with zero attached hydrogens (tertiary/aromatic N) is 2. The van der Waals surface area contributed by atoms with Gasteiger partial charge in [0.2, 0.25) is 0 Å². The molecule has 34 heavy (non-hydrogen) atoms. The van der Waals surface area contributed by atoms with Gasteiger partial charge in [-0.05, 0) is 30.4 Å². The van der Waals surface area contributed by atoms with Crippen molar-refractivity contribution >= 4 is 17.7 Å². The van der Waals surface area contributed by atoms with Crippen molar-refractivity contribution in [2.75, 3.05) is 0 Å². The van der Waals surface area contributed by atoms with Crippen LogP contribution in [0.5, 0.6) is 0 Å². The molecular weight excluding hydrogens is 444 g/mol. The van der Waals surface area contributed by atoms with Crippen LogP contribution in [-0.2, 0) is 13.5 Å². The maximum atomic E-state index is 11.4. The average molecular weight is 489 g/mol. The van der Waals surface area contributed by atoms with Crippen molar-refractivity contribution in [3.63, 3.8) is 0 Å². The van der Waals surface area contributed by atoms with E-state index in [4.69, 9.17) is 0 Å². The van der Waals surface area contributed by atoms with Crippen LogP contribution in [0.4, 0.5) is 0 Å². The first-order chi connectivity index (χ1) is 16.5. The maximum Gasteiger partial charge on any atom is 0.354 e. The Morgan fingerprint density at radius 3 is 2.18 bits per heavy atom. The van der Waals surface area contributed by atoms with Gasteiger partial charge in [-0.1, -0.05) is 114 Å². The van der Waals surface area contributed by atoms with Crippen LogP contribution >= 0.6 is 11.8 Å². The maximum absolute atomic E-state index is 11.4. The zero-order chi connectivity index (χ0) is 24.8. The Bertz CT molecular complexity index is 852. The van der Waals surface area contributed by atoms with Crippen LogP contribution < -0.4 is 0 Å². The van der Waals surface area contributed by atoms with E-state index in [1.807, 2.05) is 6.07 Å². The molecule has 0 fully saturated rings. The molecule has 0 radical (unpaired) electrons. The van der Waals surface area contributed by atoms with E-state index in [1.54, 1.807) is 11.6 Å². The Kier molecular flexibility index (Phi) is 13.4. The van der Waals surface area contributed by atoms with Crippen molar-refractivity contribution in [2.45, 2.75) is 114 Å². The molecule has 1 aromatic carbocycles. The predicted molar refractivity (Wildman–Crippen MR) is 142 cm³/mol. The molecule has 1 aromatic heterocycles. The van der Waals surface area contributed by atoms with Gasteiger partial charge in [-0.15, -0.1) is 0 Å². The Hall–Kier alpha value is -1.79. The predicted octanol–water partition coefficient (Wildman–Crippen LogP) is 7.58. The number of rotatable bonds is 18. The highest BCUT2D eigenvalue weighted by Crippen LogP contribution is 2.40. The number of carboxylic acid groups (broad SMARTS) is 1. The summed E-state index contributed by atoms with van der Waals surface area (Å²) in [5.74, 6) is -0.992. The van der Waals surface area contributed by atoms with Crippen LogP contribution in [0.25, 0.3) is 0 Å². The number of carbonyl (C=O) groups is 1. The summed E-state index contributed by atoms with van der Waals surface area (Å²) in [6, 6.07) is 8.40. The largest absolute Gasteiger partial charge is 0.477 e. The Morgan fingerprint density at radius 1 is 0.971 bits per heavy atom. The van der Waals surface area contributed by atoms with Gasteiger partial charge in [0.25, 0.3) is 0 Å². The molecule has 0 aliphatic carbocycles. The summed E-state index contributed by atoms with van der Waals surface area (Å²) in [5.41, 5.74) is 2.58. The van der Waals surface area contributed by atoms with Crippen LogP contribution in [0.1, 0.15) is 118 Å². The van der Waals surface area contributed by atoms with Crippen LogP contribution in [0, 0.1) is 0 Å². The van der Waals surface area contributed by atoms with E-state index < -0.39 is 12.1 Å². The van der Waals surface area contributed by atoms with Gasteiger partial charge >= 0.3 is 5.97 Å². The van der Waals surface area contributed by atoms with Gasteiger partial charge in [0.15, 0.2) is 5.16 Å². The quantitative estimate of drug-likeness (QED) is 0.167. The molecular formula is C28H44N2O3S. The summed E-state index contributed by atoms with van der Waals surface area (Å²) in [6.07, 6.45) is 16.6. The highest BCUT2D eigenvalue weighted by Gasteiger charge is 2.26. The zero-order valence-corrected chi connectivity index (χ0v) is 22.2.